The maximum Gasteiger partial charge on any atom is 0.221 e. The third-order valence-corrected chi connectivity index (χ3v) is 3.42. The van der Waals surface area contributed by atoms with Crippen molar-refractivity contribution in [2.75, 3.05) is 19.0 Å². The van der Waals surface area contributed by atoms with Crippen LogP contribution in [0.25, 0.3) is 0 Å². The fourth-order valence-corrected chi connectivity index (χ4v) is 2.24. The van der Waals surface area contributed by atoms with E-state index >= 15 is 0 Å². The van der Waals surface area contributed by atoms with E-state index < -0.39 is 0 Å². The van der Waals surface area contributed by atoms with E-state index in [1.165, 1.54) is 6.92 Å². The molecule has 1 amide bonds. The number of pyridine rings is 1. The number of amides is 1. The van der Waals surface area contributed by atoms with Gasteiger partial charge in [-0.1, -0.05) is 12.1 Å². The molecule has 140 valence electrons. The number of halogens is 1. The lowest BCUT2D eigenvalue weighted by molar-refractivity contribution is -0.114. The monoisotopic (exact) mass is 469 g/mol. The molecule has 0 unspecified atom stereocenters. The van der Waals surface area contributed by atoms with Crippen molar-refractivity contribution in [3.8, 4) is 5.75 Å². The largest absolute Gasteiger partial charge is 0.495 e. The van der Waals surface area contributed by atoms with Gasteiger partial charge < -0.3 is 21.1 Å². The van der Waals surface area contributed by atoms with Crippen LogP contribution in [0.2, 0.25) is 0 Å². The van der Waals surface area contributed by atoms with Crippen molar-refractivity contribution in [2.45, 2.75) is 19.9 Å². The second kappa shape index (κ2) is 11.3. The molecule has 0 aliphatic carbocycles. The number of benzene rings is 1. The van der Waals surface area contributed by atoms with Gasteiger partial charge in [0.05, 0.1) is 19.3 Å². The van der Waals surface area contributed by atoms with Gasteiger partial charge in [-0.2, -0.15) is 0 Å². The van der Waals surface area contributed by atoms with E-state index in [1.54, 1.807) is 19.4 Å². The van der Waals surface area contributed by atoms with Gasteiger partial charge in [-0.25, -0.2) is 4.99 Å². The smallest absolute Gasteiger partial charge is 0.221 e. The predicted molar refractivity (Wildman–Crippen MR) is 114 cm³/mol. The molecule has 1 aromatic heterocycles. The number of hydrogen-bond acceptors (Lipinski definition) is 4. The second-order valence-corrected chi connectivity index (χ2v) is 5.42. The first-order chi connectivity index (χ1) is 12.1. The molecule has 0 aliphatic heterocycles. The number of carbonyl (C=O) groups excluding carboxylic acids is 1. The lowest BCUT2D eigenvalue weighted by atomic mass is 10.2. The number of ether oxygens (including phenoxy) is 1. The molecule has 0 saturated heterocycles. The highest BCUT2D eigenvalue weighted by Crippen LogP contribution is 2.25. The van der Waals surface area contributed by atoms with Gasteiger partial charge in [0.15, 0.2) is 5.96 Å². The summed E-state index contributed by atoms with van der Waals surface area (Å²) in [5.74, 6) is 0.812. The molecule has 2 rings (SSSR count). The molecule has 0 radical (unpaired) electrons. The fourth-order valence-electron chi connectivity index (χ4n) is 2.24. The zero-order valence-corrected chi connectivity index (χ0v) is 17.2. The van der Waals surface area contributed by atoms with E-state index in [4.69, 9.17) is 10.5 Å². The molecule has 8 heteroatoms. The maximum atomic E-state index is 11.3. The van der Waals surface area contributed by atoms with E-state index in [9.17, 15) is 4.79 Å². The molecule has 0 aliphatic rings. The number of nitrogens with two attached hydrogens (primary N) is 1. The van der Waals surface area contributed by atoms with Gasteiger partial charge in [0, 0.05) is 31.8 Å². The Bertz CT molecular complexity index is 738. The quantitative estimate of drug-likeness (QED) is 0.328. The molecular weight excluding hydrogens is 445 g/mol. The lowest BCUT2D eigenvalue weighted by Gasteiger charge is -2.10. The van der Waals surface area contributed by atoms with E-state index in [0.29, 0.717) is 30.5 Å². The third kappa shape index (κ3) is 7.26. The summed E-state index contributed by atoms with van der Waals surface area (Å²) in [5, 5.41) is 5.80. The Balaban J connectivity index is 0.00000338. The van der Waals surface area contributed by atoms with Crippen molar-refractivity contribution >= 4 is 41.5 Å². The first-order valence-corrected chi connectivity index (χ1v) is 7.96. The first-order valence-electron chi connectivity index (χ1n) is 7.96. The van der Waals surface area contributed by atoms with Gasteiger partial charge in [-0.15, -0.1) is 24.0 Å². The van der Waals surface area contributed by atoms with Gasteiger partial charge in [0.2, 0.25) is 5.91 Å². The van der Waals surface area contributed by atoms with Crippen LogP contribution in [0.3, 0.4) is 0 Å². The van der Waals surface area contributed by atoms with Crippen LogP contribution in [0, 0.1) is 0 Å². The minimum absolute atomic E-state index is 0. The van der Waals surface area contributed by atoms with Crippen LogP contribution in [0.1, 0.15) is 18.2 Å². The van der Waals surface area contributed by atoms with Crippen molar-refractivity contribution in [1.29, 1.82) is 0 Å². The van der Waals surface area contributed by atoms with Crippen molar-refractivity contribution < 1.29 is 9.53 Å². The first kappa shape index (κ1) is 21.7. The molecule has 7 nitrogen and oxygen atoms in total. The summed E-state index contributed by atoms with van der Waals surface area (Å²) in [5.41, 5.74) is 8.41. The van der Waals surface area contributed by atoms with Crippen molar-refractivity contribution in [3.05, 3.63) is 53.9 Å². The summed E-state index contributed by atoms with van der Waals surface area (Å²) in [6.45, 7) is 2.51. The normalized spacial score (nSPS) is 10.6. The number of nitrogens with zero attached hydrogens (tertiary/aromatic N) is 2. The van der Waals surface area contributed by atoms with Crippen LogP contribution in [0.5, 0.6) is 5.75 Å². The summed E-state index contributed by atoms with van der Waals surface area (Å²) in [6.07, 6.45) is 2.54. The molecule has 26 heavy (non-hydrogen) atoms. The number of methoxy groups -OCH3 is 1. The van der Waals surface area contributed by atoms with E-state index in [-0.39, 0.29) is 29.9 Å². The van der Waals surface area contributed by atoms with Gasteiger partial charge in [0.1, 0.15) is 5.75 Å². The number of hydrogen-bond donors (Lipinski definition) is 3. The Kier molecular flexibility index (Phi) is 9.42. The van der Waals surface area contributed by atoms with Crippen LogP contribution in [0.15, 0.2) is 47.6 Å². The molecule has 0 atom stereocenters. The zero-order valence-electron chi connectivity index (χ0n) is 14.9. The highest BCUT2D eigenvalue weighted by molar-refractivity contribution is 14.0. The molecule has 1 heterocycles. The molecule has 1 aromatic carbocycles. The summed E-state index contributed by atoms with van der Waals surface area (Å²) in [6, 6.07) is 11.3. The fraction of sp³-hybridized carbons (Fsp3) is 0.278. The number of carbonyl (C=O) groups is 1. The van der Waals surface area contributed by atoms with Crippen LogP contribution in [-0.4, -0.2) is 30.5 Å². The minimum atomic E-state index is -0.158. The van der Waals surface area contributed by atoms with Gasteiger partial charge in [-0.3, -0.25) is 9.78 Å². The summed E-state index contributed by atoms with van der Waals surface area (Å²) in [4.78, 5) is 19.8. The molecule has 0 fully saturated rings. The third-order valence-electron chi connectivity index (χ3n) is 3.42. The molecule has 2 aromatic rings. The van der Waals surface area contributed by atoms with Crippen molar-refractivity contribution in [3.63, 3.8) is 0 Å². The van der Waals surface area contributed by atoms with Gasteiger partial charge in [-0.05, 0) is 29.8 Å². The Morgan fingerprint density at radius 1 is 1.31 bits per heavy atom. The Morgan fingerprint density at radius 2 is 2.12 bits per heavy atom. The van der Waals surface area contributed by atoms with Crippen LogP contribution in [-0.2, 0) is 17.8 Å². The Morgan fingerprint density at radius 3 is 2.77 bits per heavy atom. The SMILES string of the molecule is COc1ccc(CN=C(N)NCCc2ccccn2)cc1NC(C)=O.I. The van der Waals surface area contributed by atoms with E-state index in [1.807, 2.05) is 30.3 Å². The molecule has 0 saturated carbocycles. The summed E-state index contributed by atoms with van der Waals surface area (Å²) >= 11 is 0. The number of nitrogens with one attached hydrogen (secondary N) is 2. The lowest BCUT2D eigenvalue weighted by Crippen LogP contribution is -2.33. The molecule has 4 N–H and O–H groups in total. The Labute approximate surface area is 170 Å². The molecular formula is C18H24IN5O2. The average molecular weight is 469 g/mol. The number of anilines is 1. The van der Waals surface area contributed by atoms with E-state index in [0.717, 1.165) is 17.7 Å². The summed E-state index contributed by atoms with van der Waals surface area (Å²) < 4.78 is 5.23. The van der Waals surface area contributed by atoms with Crippen LogP contribution >= 0.6 is 24.0 Å². The van der Waals surface area contributed by atoms with Crippen molar-refractivity contribution in [2.24, 2.45) is 10.7 Å². The molecule has 0 spiro atoms. The van der Waals surface area contributed by atoms with Gasteiger partial charge in [0.25, 0.3) is 0 Å². The summed E-state index contributed by atoms with van der Waals surface area (Å²) in [7, 11) is 1.56. The minimum Gasteiger partial charge on any atom is -0.495 e. The highest BCUT2D eigenvalue weighted by Gasteiger charge is 2.06. The highest BCUT2D eigenvalue weighted by atomic mass is 127. The number of guanidine groups is 1. The van der Waals surface area contributed by atoms with Crippen LogP contribution in [0.4, 0.5) is 5.69 Å². The van der Waals surface area contributed by atoms with E-state index in [2.05, 4.69) is 20.6 Å². The maximum absolute atomic E-state index is 11.3. The molecule has 0 bridgehead atoms. The number of rotatable bonds is 7. The second-order valence-electron chi connectivity index (χ2n) is 5.42. The average Bonchev–Trinajstić information content (AvgIpc) is 2.60. The zero-order chi connectivity index (χ0) is 18.1. The van der Waals surface area contributed by atoms with Crippen molar-refractivity contribution in [1.82, 2.24) is 10.3 Å². The predicted octanol–water partition coefficient (Wildman–Crippen LogP) is 2.31. The Hall–Kier alpha value is -2.36. The number of aliphatic imine (C=N–C) groups is 1. The van der Waals surface area contributed by atoms with Gasteiger partial charge >= 0.3 is 0 Å². The van der Waals surface area contributed by atoms with Crippen LogP contribution < -0.4 is 21.1 Å². The topological polar surface area (TPSA) is 102 Å². The number of aromatic nitrogens is 1. The standard InChI is InChI=1S/C18H23N5O2.HI/c1-13(24)23-16-11-14(6-7-17(16)25-2)12-22-18(19)21-10-8-15-5-3-4-9-20-15;/h3-7,9,11H,8,10,12H2,1-2H3,(H,23,24)(H3,19,21,22);1H.